The van der Waals surface area contributed by atoms with Crippen LogP contribution in [0.5, 0.6) is 0 Å². The molecule has 6 heteroatoms. The number of rotatable bonds is 5. The predicted molar refractivity (Wildman–Crippen MR) is 90.0 cm³/mol. The van der Waals surface area contributed by atoms with Gasteiger partial charge in [0.1, 0.15) is 5.82 Å². The van der Waals surface area contributed by atoms with Crippen molar-refractivity contribution < 1.29 is 13.7 Å². The van der Waals surface area contributed by atoms with Gasteiger partial charge in [-0.1, -0.05) is 17.3 Å². The standard InChI is InChI=1S/C19H22FN3O2/c20-16-6-2-1-5-15(16)19-21-17(25-22-19)10-14-4-3-9-23(12-14)18(24)11-13-7-8-13/h1-2,5-6,13-14H,3-4,7-12H2. The molecule has 2 aromatic rings. The van der Waals surface area contributed by atoms with Crippen LogP contribution in [0.4, 0.5) is 4.39 Å². The van der Waals surface area contributed by atoms with E-state index in [0.29, 0.717) is 36.1 Å². The van der Waals surface area contributed by atoms with Crippen molar-refractivity contribution >= 4 is 5.91 Å². The largest absolute Gasteiger partial charge is 0.342 e. The third kappa shape index (κ3) is 3.89. The molecule has 0 N–H and O–H groups in total. The molecular formula is C19H22FN3O2. The van der Waals surface area contributed by atoms with E-state index in [1.54, 1.807) is 18.2 Å². The summed E-state index contributed by atoms with van der Waals surface area (Å²) in [5.74, 6) is 1.66. The smallest absolute Gasteiger partial charge is 0.227 e. The summed E-state index contributed by atoms with van der Waals surface area (Å²) >= 11 is 0. The summed E-state index contributed by atoms with van der Waals surface area (Å²) in [4.78, 5) is 18.6. The van der Waals surface area contributed by atoms with Crippen LogP contribution >= 0.6 is 0 Å². The lowest BCUT2D eigenvalue weighted by Crippen LogP contribution is -2.40. The summed E-state index contributed by atoms with van der Waals surface area (Å²) in [6.07, 6.45) is 5.78. The molecule has 1 aliphatic carbocycles. The Morgan fingerprint density at radius 2 is 2.08 bits per heavy atom. The van der Waals surface area contributed by atoms with Crippen molar-refractivity contribution in [3.8, 4) is 11.4 Å². The normalized spacial score (nSPS) is 20.7. The minimum absolute atomic E-state index is 0.282. The fourth-order valence-electron chi connectivity index (χ4n) is 3.49. The molecule has 0 bridgehead atoms. The quantitative estimate of drug-likeness (QED) is 0.834. The number of piperidine rings is 1. The zero-order valence-corrected chi connectivity index (χ0v) is 14.2. The van der Waals surface area contributed by atoms with Crippen LogP contribution in [0.25, 0.3) is 11.4 Å². The summed E-state index contributed by atoms with van der Waals surface area (Å²) < 4.78 is 19.1. The number of aromatic nitrogens is 2. The number of benzene rings is 1. The first kappa shape index (κ1) is 16.2. The Morgan fingerprint density at radius 3 is 2.88 bits per heavy atom. The third-order valence-corrected chi connectivity index (χ3v) is 5.08. The fourth-order valence-corrected chi connectivity index (χ4v) is 3.49. The molecule has 1 saturated heterocycles. The highest BCUT2D eigenvalue weighted by Crippen LogP contribution is 2.33. The van der Waals surface area contributed by atoms with Crippen LogP contribution in [0.3, 0.4) is 0 Å². The van der Waals surface area contributed by atoms with Crippen LogP contribution in [-0.2, 0) is 11.2 Å². The third-order valence-electron chi connectivity index (χ3n) is 5.08. The van der Waals surface area contributed by atoms with Crippen LogP contribution in [-0.4, -0.2) is 34.0 Å². The van der Waals surface area contributed by atoms with Gasteiger partial charge in [0.05, 0.1) is 5.56 Å². The lowest BCUT2D eigenvalue weighted by molar-refractivity contribution is -0.133. The van der Waals surface area contributed by atoms with E-state index in [2.05, 4.69) is 10.1 Å². The number of halogens is 1. The average molecular weight is 343 g/mol. The molecule has 0 spiro atoms. The molecule has 0 radical (unpaired) electrons. The molecule has 132 valence electrons. The van der Waals surface area contributed by atoms with Crippen LogP contribution in [0.1, 0.15) is 38.0 Å². The number of amides is 1. The Kier molecular flexibility index (Phi) is 4.51. The van der Waals surface area contributed by atoms with E-state index in [-0.39, 0.29) is 17.5 Å². The van der Waals surface area contributed by atoms with Crippen molar-refractivity contribution in [2.24, 2.45) is 11.8 Å². The molecule has 1 aromatic heterocycles. The zero-order chi connectivity index (χ0) is 17.2. The highest BCUT2D eigenvalue weighted by atomic mass is 19.1. The molecule has 1 amide bonds. The Labute approximate surface area is 146 Å². The number of nitrogens with zero attached hydrogens (tertiary/aromatic N) is 3. The van der Waals surface area contributed by atoms with E-state index in [0.717, 1.165) is 25.9 Å². The minimum Gasteiger partial charge on any atom is -0.342 e. The van der Waals surface area contributed by atoms with E-state index in [4.69, 9.17) is 4.52 Å². The fraction of sp³-hybridized carbons (Fsp3) is 0.526. The van der Waals surface area contributed by atoms with Gasteiger partial charge in [-0.05, 0) is 49.7 Å². The van der Waals surface area contributed by atoms with Gasteiger partial charge in [-0.2, -0.15) is 4.98 Å². The first-order valence-electron chi connectivity index (χ1n) is 9.04. The van der Waals surface area contributed by atoms with Crippen LogP contribution in [0, 0.1) is 17.7 Å². The first-order chi connectivity index (χ1) is 12.2. The second kappa shape index (κ2) is 6.94. The number of carbonyl (C=O) groups is 1. The van der Waals surface area contributed by atoms with Gasteiger partial charge in [0, 0.05) is 25.9 Å². The molecule has 2 heterocycles. The van der Waals surface area contributed by atoms with E-state index >= 15 is 0 Å². The summed E-state index contributed by atoms with van der Waals surface area (Å²) in [5, 5.41) is 3.91. The molecule has 1 atom stereocenters. The number of hydrogen-bond acceptors (Lipinski definition) is 4. The Morgan fingerprint density at radius 1 is 1.24 bits per heavy atom. The molecule has 1 saturated carbocycles. The predicted octanol–water partition coefficient (Wildman–Crippen LogP) is 3.46. The molecule has 1 unspecified atom stereocenters. The molecule has 5 nitrogen and oxygen atoms in total. The van der Waals surface area contributed by atoms with Crippen LogP contribution < -0.4 is 0 Å². The van der Waals surface area contributed by atoms with Gasteiger partial charge >= 0.3 is 0 Å². The number of carbonyl (C=O) groups excluding carboxylic acids is 1. The summed E-state index contributed by atoms with van der Waals surface area (Å²) in [5.41, 5.74) is 0.349. The van der Waals surface area contributed by atoms with Crippen molar-refractivity contribution in [2.75, 3.05) is 13.1 Å². The van der Waals surface area contributed by atoms with Crippen LogP contribution in [0.15, 0.2) is 28.8 Å². The average Bonchev–Trinajstić information content (AvgIpc) is 3.32. The molecule has 2 fully saturated rings. The minimum atomic E-state index is -0.357. The van der Waals surface area contributed by atoms with Crippen molar-refractivity contribution in [3.05, 3.63) is 36.0 Å². The van der Waals surface area contributed by atoms with E-state index in [1.165, 1.54) is 18.9 Å². The van der Waals surface area contributed by atoms with Crippen LogP contribution in [0.2, 0.25) is 0 Å². The van der Waals surface area contributed by atoms with Crippen molar-refractivity contribution in [2.45, 2.75) is 38.5 Å². The van der Waals surface area contributed by atoms with Gasteiger partial charge in [-0.25, -0.2) is 4.39 Å². The van der Waals surface area contributed by atoms with Crippen molar-refractivity contribution in [3.63, 3.8) is 0 Å². The summed E-state index contributed by atoms with van der Waals surface area (Å²) in [6, 6.07) is 6.41. The van der Waals surface area contributed by atoms with Crippen molar-refractivity contribution in [1.82, 2.24) is 15.0 Å². The molecule has 2 aliphatic rings. The van der Waals surface area contributed by atoms with Gasteiger partial charge < -0.3 is 9.42 Å². The molecule has 4 rings (SSSR count). The second-order valence-corrected chi connectivity index (χ2v) is 7.19. The molecule has 1 aliphatic heterocycles. The Bertz CT molecular complexity index is 757. The molecule has 25 heavy (non-hydrogen) atoms. The van der Waals surface area contributed by atoms with Gasteiger partial charge in [0.15, 0.2) is 0 Å². The van der Waals surface area contributed by atoms with E-state index in [1.807, 2.05) is 4.90 Å². The maximum Gasteiger partial charge on any atom is 0.227 e. The summed E-state index contributed by atoms with van der Waals surface area (Å²) in [6.45, 7) is 1.61. The highest BCUT2D eigenvalue weighted by Gasteiger charge is 2.30. The van der Waals surface area contributed by atoms with Crippen molar-refractivity contribution in [1.29, 1.82) is 0 Å². The Balaban J connectivity index is 1.38. The monoisotopic (exact) mass is 343 g/mol. The van der Waals surface area contributed by atoms with Gasteiger partial charge in [0.2, 0.25) is 17.6 Å². The maximum atomic E-state index is 13.8. The lowest BCUT2D eigenvalue weighted by Gasteiger charge is -2.32. The molecular weight excluding hydrogens is 321 g/mol. The lowest BCUT2D eigenvalue weighted by atomic mass is 9.94. The number of hydrogen-bond donors (Lipinski definition) is 0. The van der Waals surface area contributed by atoms with Gasteiger partial charge in [-0.3, -0.25) is 4.79 Å². The molecule has 1 aromatic carbocycles. The first-order valence-corrected chi connectivity index (χ1v) is 9.04. The van der Waals surface area contributed by atoms with E-state index in [9.17, 15) is 9.18 Å². The topological polar surface area (TPSA) is 59.2 Å². The van der Waals surface area contributed by atoms with Gasteiger partial charge in [0.25, 0.3) is 0 Å². The zero-order valence-electron chi connectivity index (χ0n) is 14.2. The number of likely N-dealkylation sites (tertiary alicyclic amines) is 1. The van der Waals surface area contributed by atoms with Gasteiger partial charge in [-0.15, -0.1) is 0 Å². The highest BCUT2D eigenvalue weighted by molar-refractivity contribution is 5.76. The maximum absolute atomic E-state index is 13.8. The SMILES string of the molecule is O=C(CC1CC1)N1CCCC(Cc2nc(-c3ccccc3F)no2)C1. The van der Waals surface area contributed by atoms with E-state index < -0.39 is 0 Å². The Hall–Kier alpha value is -2.24. The summed E-state index contributed by atoms with van der Waals surface area (Å²) in [7, 11) is 0. The second-order valence-electron chi connectivity index (χ2n) is 7.19.